The van der Waals surface area contributed by atoms with Gasteiger partial charge < -0.3 is 9.88 Å². The van der Waals surface area contributed by atoms with Crippen LogP contribution in [0.1, 0.15) is 32.9 Å². The van der Waals surface area contributed by atoms with Crippen molar-refractivity contribution in [1.29, 1.82) is 0 Å². The van der Waals surface area contributed by atoms with E-state index in [2.05, 4.69) is 49.0 Å². The Bertz CT molecular complexity index is 294. The third-order valence-electron chi connectivity index (χ3n) is 2.67. The van der Waals surface area contributed by atoms with Crippen LogP contribution < -0.4 is 5.32 Å². The fourth-order valence-electron chi connectivity index (χ4n) is 1.80. The summed E-state index contributed by atoms with van der Waals surface area (Å²) in [6.45, 7) is 9.95. The summed E-state index contributed by atoms with van der Waals surface area (Å²) in [5.41, 5.74) is 1.41. The van der Waals surface area contributed by atoms with Crippen LogP contribution >= 0.6 is 11.8 Å². The summed E-state index contributed by atoms with van der Waals surface area (Å²) >= 11 is 2.03. The molecule has 0 aliphatic heterocycles. The molecule has 0 saturated heterocycles. The lowest BCUT2D eigenvalue weighted by atomic mass is 10.2. The lowest BCUT2D eigenvalue weighted by Gasteiger charge is -2.11. The summed E-state index contributed by atoms with van der Waals surface area (Å²) in [6.07, 6.45) is 3.47. The summed E-state index contributed by atoms with van der Waals surface area (Å²) in [7, 11) is 0. The first-order valence-electron chi connectivity index (χ1n) is 6.66. The number of nitrogens with one attached hydrogen (secondary N) is 1. The summed E-state index contributed by atoms with van der Waals surface area (Å²) in [4.78, 5) is 0. The van der Waals surface area contributed by atoms with Crippen molar-refractivity contribution in [1.82, 2.24) is 9.88 Å². The lowest BCUT2D eigenvalue weighted by Crippen LogP contribution is -2.20. The Kier molecular flexibility index (Phi) is 7.45. The van der Waals surface area contributed by atoms with Crippen molar-refractivity contribution < 1.29 is 0 Å². The molecule has 1 aromatic rings. The molecule has 0 aliphatic carbocycles. The van der Waals surface area contributed by atoms with Crippen molar-refractivity contribution in [3.8, 4) is 0 Å². The predicted octanol–water partition coefficient (Wildman–Crippen LogP) is 3.38. The van der Waals surface area contributed by atoms with Gasteiger partial charge in [-0.15, -0.1) is 0 Å². The number of thioether (sulfide) groups is 1. The van der Waals surface area contributed by atoms with E-state index in [0.717, 1.165) is 25.6 Å². The van der Waals surface area contributed by atoms with Gasteiger partial charge in [0, 0.05) is 25.0 Å². The molecule has 0 radical (unpaired) electrons. The monoisotopic (exact) mass is 254 g/mol. The van der Waals surface area contributed by atoms with Crippen LogP contribution in [0.5, 0.6) is 0 Å². The second-order valence-corrected chi connectivity index (χ2v) is 6.16. The van der Waals surface area contributed by atoms with Crippen LogP contribution in [-0.2, 0) is 13.1 Å². The van der Waals surface area contributed by atoms with E-state index in [9.17, 15) is 0 Å². The minimum atomic E-state index is 0.722. The SMILES string of the molecule is CCSCCCn1cccc1CNCC(C)C. The smallest absolute Gasteiger partial charge is 0.0359 e. The number of hydrogen-bond acceptors (Lipinski definition) is 2. The van der Waals surface area contributed by atoms with Crippen molar-refractivity contribution >= 4 is 11.8 Å². The van der Waals surface area contributed by atoms with Crippen molar-refractivity contribution in [2.75, 3.05) is 18.1 Å². The minimum Gasteiger partial charge on any atom is -0.350 e. The molecule has 0 spiro atoms. The first-order valence-corrected chi connectivity index (χ1v) is 7.82. The molecule has 1 N–H and O–H groups in total. The predicted molar refractivity (Wildman–Crippen MR) is 78.6 cm³/mol. The molecule has 3 heteroatoms. The summed E-state index contributed by atoms with van der Waals surface area (Å²) in [6, 6.07) is 4.37. The zero-order valence-electron chi connectivity index (χ0n) is 11.4. The normalized spacial score (nSPS) is 11.3. The lowest BCUT2D eigenvalue weighted by molar-refractivity contribution is 0.533. The van der Waals surface area contributed by atoms with E-state index in [1.165, 1.54) is 23.6 Å². The Hall–Kier alpha value is -0.410. The van der Waals surface area contributed by atoms with Crippen LogP contribution in [0, 0.1) is 5.92 Å². The number of aryl methyl sites for hydroxylation is 1. The molecule has 2 nitrogen and oxygen atoms in total. The van der Waals surface area contributed by atoms with Crippen LogP contribution in [0.3, 0.4) is 0 Å². The highest BCUT2D eigenvalue weighted by atomic mass is 32.2. The first kappa shape index (κ1) is 14.7. The summed E-state index contributed by atoms with van der Waals surface area (Å²) in [5.74, 6) is 3.22. The topological polar surface area (TPSA) is 17.0 Å². The van der Waals surface area contributed by atoms with Crippen molar-refractivity contribution in [3.05, 3.63) is 24.0 Å². The van der Waals surface area contributed by atoms with Gasteiger partial charge in [-0.2, -0.15) is 11.8 Å². The average molecular weight is 254 g/mol. The molecule has 98 valence electrons. The van der Waals surface area contributed by atoms with Crippen LogP contribution in [0.15, 0.2) is 18.3 Å². The molecule has 17 heavy (non-hydrogen) atoms. The maximum absolute atomic E-state index is 3.50. The van der Waals surface area contributed by atoms with Gasteiger partial charge in [0.2, 0.25) is 0 Å². The maximum Gasteiger partial charge on any atom is 0.0359 e. The Balaban J connectivity index is 2.27. The highest BCUT2D eigenvalue weighted by molar-refractivity contribution is 7.99. The van der Waals surface area contributed by atoms with Gasteiger partial charge in [0.1, 0.15) is 0 Å². The highest BCUT2D eigenvalue weighted by Gasteiger charge is 2.01. The van der Waals surface area contributed by atoms with E-state index in [1.807, 2.05) is 11.8 Å². The molecule has 0 saturated carbocycles. The number of hydrogen-bond donors (Lipinski definition) is 1. The zero-order chi connectivity index (χ0) is 12.5. The Morgan fingerprint density at radius 1 is 1.41 bits per heavy atom. The number of nitrogens with zero attached hydrogens (tertiary/aromatic N) is 1. The van der Waals surface area contributed by atoms with Gasteiger partial charge >= 0.3 is 0 Å². The molecule has 0 bridgehead atoms. The van der Waals surface area contributed by atoms with E-state index < -0.39 is 0 Å². The van der Waals surface area contributed by atoms with Crippen LogP contribution in [-0.4, -0.2) is 22.6 Å². The van der Waals surface area contributed by atoms with Gasteiger partial charge in [0.05, 0.1) is 0 Å². The van der Waals surface area contributed by atoms with Gasteiger partial charge in [0.15, 0.2) is 0 Å². The third-order valence-corrected chi connectivity index (χ3v) is 3.66. The second kappa shape index (κ2) is 8.65. The van der Waals surface area contributed by atoms with E-state index in [4.69, 9.17) is 0 Å². The first-order chi connectivity index (χ1) is 8.24. The zero-order valence-corrected chi connectivity index (χ0v) is 12.2. The Morgan fingerprint density at radius 2 is 2.24 bits per heavy atom. The summed E-state index contributed by atoms with van der Waals surface area (Å²) in [5, 5.41) is 3.50. The molecule has 1 heterocycles. The molecule has 0 fully saturated rings. The molecule has 0 aliphatic rings. The van der Waals surface area contributed by atoms with Gasteiger partial charge in [-0.05, 0) is 42.5 Å². The van der Waals surface area contributed by atoms with Gasteiger partial charge in [0.25, 0.3) is 0 Å². The number of rotatable bonds is 9. The van der Waals surface area contributed by atoms with E-state index in [0.29, 0.717) is 0 Å². The molecular formula is C14H26N2S. The molecule has 1 rings (SSSR count). The average Bonchev–Trinajstić information content (AvgIpc) is 2.72. The van der Waals surface area contributed by atoms with Crippen LogP contribution in [0.25, 0.3) is 0 Å². The Labute approximate surface area is 110 Å². The second-order valence-electron chi connectivity index (χ2n) is 4.77. The van der Waals surface area contributed by atoms with Gasteiger partial charge in [-0.25, -0.2) is 0 Å². The molecule has 0 amide bonds. The van der Waals surface area contributed by atoms with Crippen LogP contribution in [0.2, 0.25) is 0 Å². The maximum atomic E-state index is 3.50. The van der Waals surface area contributed by atoms with Gasteiger partial charge in [-0.3, -0.25) is 0 Å². The van der Waals surface area contributed by atoms with E-state index >= 15 is 0 Å². The number of aromatic nitrogens is 1. The highest BCUT2D eigenvalue weighted by Crippen LogP contribution is 2.07. The Morgan fingerprint density at radius 3 is 2.94 bits per heavy atom. The van der Waals surface area contributed by atoms with Crippen molar-refractivity contribution in [2.45, 2.75) is 40.3 Å². The summed E-state index contributed by atoms with van der Waals surface area (Å²) < 4.78 is 2.38. The minimum absolute atomic E-state index is 0.722. The largest absolute Gasteiger partial charge is 0.350 e. The van der Waals surface area contributed by atoms with E-state index in [-0.39, 0.29) is 0 Å². The molecule has 0 unspecified atom stereocenters. The van der Waals surface area contributed by atoms with E-state index in [1.54, 1.807) is 0 Å². The van der Waals surface area contributed by atoms with Crippen LogP contribution in [0.4, 0.5) is 0 Å². The van der Waals surface area contributed by atoms with Crippen molar-refractivity contribution in [3.63, 3.8) is 0 Å². The fraction of sp³-hybridized carbons (Fsp3) is 0.714. The fourth-order valence-corrected chi connectivity index (χ4v) is 2.42. The molecule has 0 aromatic carbocycles. The van der Waals surface area contributed by atoms with Gasteiger partial charge in [-0.1, -0.05) is 20.8 Å². The third kappa shape index (κ3) is 6.18. The standard InChI is InChI=1S/C14H26N2S/c1-4-17-10-6-9-16-8-5-7-14(16)12-15-11-13(2)3/h5,7-8,13,15H,4,6,9-12H2,1-3H3. The molecule has 0 atom stereocenters. The molecule has 1 aromatic heterocycles. The van der Waals surface area contributed by atoms with Crippen molar-refractivity contribution in [2.24, 2.45) is 5.92 Å². The quantitative estimate of drug-likeness (QED) is 0.680. The molecular weight excluding hydrogens is 228 g/mol.